The van der Waals surface area contributed by atoms with Crippen molar-refractivity contribution in [3.63, 3.8) is 0 Å². The molecule has 2 saturated carbocycles. The third-order valence-corrected chi connectivity index (χ3v) is 6.85. The monoisotopic (exact) mass is 348 g/mol. The van der Waals surface area contributed by atoms with Crippen LogP contribution in [0.2, 0.25) is 0 Å². The molecule has 0 amide bonds. The quantitative estimate of drug-likeness (QED) is 0.551. The molecule has 4 rings (SSSR count). The van der Waals surface area contributed by atoms with Crippen molar-refractivity contribution in [2.75, 3.05) is 0 Å². The third kappa shape index (κ3) is 3.72. The van der Waals surface area contributed by atoms with E-state index in [2.05, 4.69) is 55.1 Å². The number of hydrogen-bond donors (Lipinski definition) is 0. The number of benzene rings is 1. The van der Waals surface area contributed by atoms with Crippen LogP contribution in [0.3, 0.4) is 0 Å². The van der Waals surface area contributed by atoms with Gasteiger partial charge in [-0.15, -0.1) is 0 Å². The first-order valence-electron chi connectivity index (χ1n) is 10.8. The molecule has 26 heavy (non-hydrogen) atoms. The summed E-state index contributed by atoms with van der Waals surface area (Å²) >= 11 is 0. The zero-order valence-electron chi connectivity index (χ0n) is 16.6. The Morgan fingerprint density at radius 1 is 0.731 bits per heavy atom. The summed E-state index contributed by atoms with van der Waals surface area (Å²) in [5.74, 6) is 1.55. The zero-order chi connectivity index (χ0) is 17.9. The van der Waals surface area contributed by atoms with Crippen molar-refractivity contribution in [3.8, 4) is 11.3 Å². The molecule has 2 aliphatic rings. The lowest BCUT2D eigenvalue weighted by Gasteiger charge is -2.23. The number of pyridine rings is 1. The number of rotatable bonds is 3. The molecule has 1 aromatic carbocycles. The fraction of sp³-hybridized carbons (Fsp3) is 0.560. The largest absolute Gasteiger partial charge is 0.212 e. The number of aryl methyl sites for hydroxylation is 2. The van der Waals surface area contributed by atoms with Crippen LogP contribution in [0.25, 0.3) is 11.3 Å². The predicted octanol–water partition coefficient (Wildman–Crippen LogP) is 6.58. The second kappa shape index (κ2) is 7.94. The van der Waals surface area contributed by atoms with Crippen molar-refractivity contribution < 1.29 is 4.57 Å². The highest BCUT2D eigenvalue weighted by molar-refractivity contribution is 5.62. The highest BCUT2D eigenvalue weighted by Crippen LogP contribution is 2.36. The van der Waals surface area contributed by atoms with Gasteiger partial charge in [-0.3, -0.25) is 0 Å². The smallest absolute Gasteiger partial charge is 0.201 e. The molecule has 1 heterocycles. The molecule has 0 spiro atoms. The summed E-state index contributed by atoms with van der Waals surface area (Å²) in [6.45, 7) is 2.26. The van der Waals surface area contributed by atoms with E-state index in [-0.39, 0.29) is 0 Å². The van der Waals surface area contributed by atoms with Crippen LogP contribution in [-0.2, 0) is 7.05 Å². The lowest BCUT2D eigenvalue weighted by molar-refractivity contribution is -0.660. The van der Waals surface area contributed by atoms with Crippen LogP contribution >= 0.6 is 0 Å². The van der Waals surface area contributed by atoms with Crippen molar-refractivity contribution in [2.45, 2.75) is 83.0 Å². The Hall–Kier alpha value is -1.63. The van der Waals surface area contributed by atoms with Gasteiger partial charge in [0.1, 0.15) is 7.05 Å². The second-order valence-corrected chi connectivity index (χ2v) is 8.70. The van der Waals surface area contributed by atoms with Gasteiger partial charge in [-0.2, -0.15) is 0 Å². The first-order valence-corrected chi connectivity index (χ1v) is 10.8. The minimum Gasteiger partial charge on any atom is -0.201 e. The minimum atomic E-state index is 0.773. The predicted molar refractivity (Wildman–Crippen MR) is 109 cm³/mol. The van der Waals surface area contributed by atoms with E-state index >= 15 is 0 Å². The summed E-state index contributed by atoms with van der Waals surface area (Å²) in [6.07, 6.45) is 16.3. The Kier molecular flexibility index (Phi) is 5.43. The van der Waals surface area contributed by atoms with E-state index in [0.717, 1.165) is 11.8 Å². The number of hydrogen-bond acceptors (Lipinski definition) is 0. The van der Waals surface area contributed by atoms with Gasteiger partial charge in [-0.05, 0) is 67.7 Å². The van der Waals surface area contributed by atoms with E-state index in [1.165, 1.54) is 86.6 Å². The summed E-state index contributed by atoms with van der Waals surface area (Å²) < 4.78 is 2.37. The van der Waals surface area contributed by atoms with Gasteiger partial charge >= 0.3 is 0 Å². The van der Waals surface area contributed by atoms with Gasteiger partial charge in [0.2, 0.25) is 5.69 Å². The van der Waals surface area contributed by atoms with Crippen molar-refractivity contribution in [1.29, 1.82) is 0 Å². The molecule has 0 bridgehead atoms. The van der Waals surface area contributed by atoms with E-state index in [4.69, 9.17) is 0 Å². The normalized spacial score (nSPS) is 19.6. The van der Waals surface area contributed by atoms with Gasteiger partial charge < -0.3 is 0 Å². The fourth-order valence-electron chi connectivity index (χ4n) is 5.19. The van der Waals surface area contributed by atoms with Crippen molar-refractivity contribution in [3.05, 3.63) is 53.2 Å². The minimum absolute atomic E-state index is 0.773. The molecule has 0 saturated heterocycles. The standard InChI is InChI=1S/C25H34N/c1-19-13-14-22(20-9-5-3-6-10-20)17-24(19)25-16-15-23(18-26(25)2)21-11-7-4-8-12-21/h13-18,20-21H,3-12H2,1-2H3/q+1. The maximum absolute atomic E-state index is 2.49. The van der Waals surface area contributed by atoms with Crippen molar-refractivity contribution in [1.82, 2.24) is 0 Å². The fourth-order valence-corrected chi connectivity index (χ4v) is 5.19. The molecule has 1 aromatic heterocycles. The molecule has 0 atom stereocenters. The van der Waals surface area contributed by atoms with Crippen LogP contribution < -0.4 is 4.57 Å². The van der Waals surface area contributed by atoms with Crippen LogP contribution in [-0.4, -0.2) is 0 Å². The van der Waals surface area contributed by atoms with Crippen LogP contribution in [0.1, 0.15) is 92.7 Å². The van der Waals surface area contributed by atoms with E-state index in [1.807, 2.05) is 0 Å². The molecule has 0 radical (unpaired) electrons. The van der Waals surface area contributed by atoms with E-state index in [9.17, 15) is 0 Å². The van der Waals surface area contributed by atoms with E-state index < -0.39 is 0 Å². The summed E-state index contributed by atoms with van der Waals surface area (Å²) in [6, 6.07) is 12.0. The Morgan fingerprint density at radius 2 is 1.31 bits per heavy atom. The van der Waals surface area contributed by atoms with Gasteiger partial charge in [-0.25, -0.2) is 4.57 Å². The molecule has 0 N–H and O–H groups in total. The van der Waals surface area contributed by atoms with Gasteiger partial charge in [0.25, 0.3) is 0 Å². The maximum atomic E-state index is 2.49. The highest BCUT2D eigenvalue weighted by Gasteiger charge is 2.22. The second-order valence-electron chi connectivity index (χ2n) is 8.70. The molecular formula is C25H34N+. The molecule has 2 aromatic rings. The molecule has 138 valence electrons. The molecular weight excluding hydrogens is 314 g/mol. The summed E-state index contributed by atoms with van der Waals surface area (Å²) in [4.78, 5) is 0. The molecule has 2 fully saturated rings. The van der Waals surface area contributed by atoms with E-state index in [0.29, 0.717) is 0 Å². The zero-order valence-corrected chi connectivity index (χ0v) is 16.6. The lowest BCUT2D eigenvalue weighted by atomic mass is 9.82. The van der Waals surface area contributed by atoms with Crippen LogP contribution in [0.5, 0.6) is 0 Å². The highest BCUT2D eigenvalue weighted by atomic mass is 14.9. The maximum Gasteiger partial charge on any atom is 0.212 e. The summed E-state index contributed by atoms with van der Waals surface area (Å²) in [5.41, 5.74) is 7.27. The number of nitrogens with zero attached hydrogens (tertiary/aromatic N) is 1. The Morgan fingerprint density at radius 3 is 1.92 bits per heavy atom. The molecule has 1 nitrogen and oxygen atoms in total. The van der Waals surface area contributed by atoms with Crippen molar-refractivity contribution in [2.24, 2.45) is 7.05 Å². The van der Waals surface area contributed by atoms with Gasteiger partial charge in [0.05, 0.1) is 0 Å². The van der Waals surface area contributed by atoms with E-state index in [1.54, 1.807) is 5.56 Å². The van der Waals surface area contributed by atoms with Gasteiger partial charge in [-0.1, -0.05) is 50.7 Å². The third-order valence-electron chi connectivity index (χ3n) is 6.85. The first-order chi connectivity index (χ1) is 12.7. The topological polar surface area (TPSA) is 3.88 Å². The average molecular weight is 349 g/mol. The SMILES string of the molecule is Cc1ccc(C2CCCCC2)cc1-c1ccc(C2CCCCC2)c[n+]1C. The molecule has 1 heteroatoms. The van der Waals surface area contributed by atoms with Crippen LogP contribution in [0, 0.1) is 6.92 Å². The average Bonchev–Trinajstić information content (AvgIpc) is 2.70. The van der Waals surface area contributed by atoms with Crippen LogP contribution in [0.15, 0.2) is 36.5 Å². The van der Waals surface area contributed by atoms with Gasteiger partial charge in [0, 0.05) is 17.2 Å². The van der Waals surface area contributed by atoms with Gasteiger partial charge in [0.15, 0.2) is 6.20 Å². The van der Waals surface area contributed by atoms with Crippen LogP contribution in [0.4, 0.5) is 0 Å². The molecule has 0 aliphatic heterocycles. The first kappa shape index (κ1) is 17.8. The van der Waals surface area contributed by atoms with Crippen molar-refractivity contribution >= 4 is 0 Å². The lowest BCUT2D eigenvalue weighted by Crippen LogP contribution is -2.32. The Labute approximate surface area is 159 Å². The Balaban J connectivity index is 1.63. The molecule has 2 aliphatic carbocycles. The Bertz CT molecular complexity index is 749. The number of aromatic nitrogens is 1. The summed E-state index contributed by atoms with van der Waals surface area (Å²) in [5, 5.41) is 0. The summed E-state index contributed by atoms with van der Waals surface area (Å²) in [7, 11) is 2.23. The molecule has 0 unspecified atom stereocenters.